The predicted molar refractivity (Wildman–Crippen MR) is 280 cm³/mol. The monoisotopic (exact) mass is 850 g/mol. The summed E-state index contributed by atoms with van der Waals surface area (Å²) in [6.07, 6.45) is 0. The summed E-state index contributed by atoms with van der Waals surface area (Å²) in [5.74, 6) is 0. The van der Waals surface area contributed by atoms with Crippen LogP contribution in [-0.4, -0.2) is 4.57 Å². The van der Waals surface area contributed by atoms with Crippen LogP contribution in [0.2, 0.25) is 0 Å². The van der Waals surface area contributed by atoms with Gasteiger partial charge in [-0.2, -0.15) is 0 Å². The highest BCUT2D eigenvalue weighted by Gasteiger charge is 2.51. The van der Waals surface area contributed by atoms with Crippen LogP contribution in [0, 0.1) is 0 Å². The van der Waals surface area contributed by atoms with Gasteiger partial charge in [0, 0.05) is 27.7 Å². The van der Waals surface area contributed by atoms with E-state index in [0.717, 1.165) is 22.6 Å². The summed E-state index contributed by atoms with van der Waals surface area (Å²) in [4.78, 5) is 2.48. The van der Waals surface area contributed by atoms with E-state index in [-0.39, 0.29) is 0 Å². The summed E-state index contributed by atoms with van der Waals surface area (Å²) in [6, 6.07) is 94.4. The van der Waals surface area contributed by atoms with Crippen LogP contribution in [-0.2, 0) is 5.41 Å². The Balaban J connectivity index is 1.02. The number of para-hydroxylation sites is 4. The highest BCUT2D eigenvalue weighted by atomic mass is 15.1. The Bertz CT molecular complexity index is 3930. The van der Waals surface area contributed by atoms with Gasteiger partial charge in [0.2, 0.25) is 0 Å². The Morgan fingerprint density at radius 3 is 1.75 bits per heavy atom. The normalized spacial score (nSPS) is 14.3. The summed E-state index contributed by atoms with van der Waals surface area (Å²) < 4.78 is 2.52. The fourth-order valence-corrected chi connectivity index (χ4v) is 11.9. The van der Waals surface area contributed by atoms with Crippen LogP contribution in [0.4, 0.5) is 17.1 Å². The number of rotatable bonds is 6. The molecule has 1 atom stereocenters. The van der Waals surface area contributed by atoms with Gasteiger partial charge in [0.15, 0.2) is 0 Å². The number of hydrogen-bond acceptors (Lipinski definition) is 1. The third kappa shape index (κ3) is 5.39. The van der Waals surface area contributed by atoms with Gasteiger partial charge in [-0.25, -0.2) is 0 Å². The standard InChI is InChI=1S/C65H42N2/c1-2-18-43(19-3-1)50-23-6-7-24-51(50)53-26-9-13-33-61(53)66(46-38-36-45(37-39-46)49-28-16-21-44-20-4-5-22-48(44)49)47-40-41-58-56(42-47)52-25-8-11-30-57(52)65(58)59-31-12-15-35-63(59)67-62-34-14-10-27-54(62)55-29-17-32-60(65)64(55)67/h1-42H. The summed E-state index contributed by atoms with van der Waals surface area (Å²) in [5.41, 5.74) is 21.5. The minimum absolute atomic E-state index is 0.525. The average molecular weight is 851 g/mol. The van der Waals surface area contributed by atoms with Crippen LogP contribution in [0.5, 0.6) is 0 Å². The second kappa shape index (κ2) is 14.7. The molecule has 0 radical (unpaired) electrons. The Morgan fingerprint density at radius 2 is 0.881 bits per heavy atom. The molecule has 11 aromatic carbocycles. The largest absolute Gasteiger partial charge is 0.310 e. The van der Waals surface area contributed by atoms with Crippen LogP contribution < -0.4 is 4.90 Å². The average Bonchev–Trinajstić information content (AvgIpc) is 3.89. The van der Waals surface area contributed by atoms with E-state index >= 15 is 0 Å². The molecule has 0 fully saturated rings. The van der Waals surface area contributed by atoms with Gasteiger partial charge in [0.1, 0.15) is 0 Å². The first-order chi connectivity index (χ1) is 33.3. The molecule has 0 saturated carbocycles. The van der Waals surface area contributed by atoms with Gasteiger partial charge >= 0.3 is 0 Å². The number of fused-ring (bicyclic) bond motifs is 13. The summed E-state index contributed by atoms with van der Waals surface area (Å²) in [5, 5.41) is 5.06. The SMILES string of the molecule is c1ccc(-c2ccccc2-c2ccccc2N(c2ccc(-c3cccc4ccccc34)cc2)c2ccc3c(c2)-c2ccccc2C32c3ccccc3-n3c4ccccc4c4cccc2c43)cc1. The molecule has 0 N–H and O–H groups in total. The van der Waals surface area contributed by atoms with E-state index in [1.165, 1.54) is 99.5 Å². The molecule has 0 amide bonds. The van der Waals surface area contributed by atoms with Gasteiger partial charge in [-0.1, -0.05) is 212 Å². The molecule has 1 unspecified atom stereocenters. The molecule has 1 aromatic heterocycles. The summed E-state index contributed by atoms with van der Waals surface area (Å²) in [6.45, 7) is 0. The van der Waals surface area contributed by atoms with Crippen molar-refractivity contribution in [2.45, 2.75) is 5.41 Å². The lowest BCUT2D eigenvalue weighted by atomic mass is 9.65. The lowest BCUT2D eigenvalue weighted by Crippen LogP contribution is -2.33. The van der Waals surface area contributed by atoms with Gasteiger partial charge < -0.3 is 9.47 Å². The topological polar surface area (TPSA) is 8.17 Å². The van der Waals surface area contributed by atoms with Crippen LogP contribution in [0.3, 0.4) is 0 Å². The zero-order valence-corrected chi connectivity index (χ0v) is 36.6. The second-order valence-electron chi connectivity index (χ2n) is 17.9. The van der Waals surface area contributed by atoms with Crippen molar-refractivity contribution in [1.29, 1.82) is 0 Å². The van der Waals surface area contributed by atoms with Crippen molar-refractivity contribution in [3.8, 4) is 50.2 Å². The van der Waals surface area contributed by atoms with Gasteiger partial charge in [-0.15, -0.1) is 0 Å². The lowest BCUT2D eigenvalue weighted by Gasteiger charge is -2.39. The molecule has 2 heteroatoms. The molecule has 1 aliphatic heterocycles. The molecule has 1 aliphatic carbocycles. The zero-order chi connectivity index (χ0) is 44.1. The minimum Gasteiger partial charge on any atom is -0.310 e. The van der Waals surface area contributed by atoms with Crippen LogP contribution in [0.1, 0.15) is 22.3 Å². The molecule has 0 bridgehead atoms. The number of aromatic nitrogens is 1. The smallest absolute Gasteiger partial charge is 0.0754 e. The molecule has 14 rings (SSSR count). The van der Waals surface area contributed by atoms with Gasteiger partial charge in [0.25, 0.3) is 0 Å². The van der Waals surface area contributed by atoms with Crippen molar-refractivity contribution in [3.05, 3.63) is 277 Å². The zero-order valence-electron chi connectivity index (χ0n) is 36.6. The molecule has 2 nitrogen and oxygen atoms in total. The van der Waals surface area contributed by atoms with Gasteiger partial charge in [-0.3, -0.25) is 0 Å². The van der Waals surface area contributed by atoms with E-state index in [1.807, 2.05) is 0 Å². The van der Waals surface area contributed by atoms with Crippen molar-refractivity contribution < 1.29 is 0 Å². The van der Waals surface area contributed by atoms with E-state index in [4.69, 9.17) is 0 Å². The van der Waals surface area contributed by atoms with E-state index in [2.05, 4.69) is 264 Å². The molecule has 0 saturated heterocycles. The number of anilines is 3. The van der Waals surface area contributed by atoms with E-state index < -0.39 is 5.41 Å². The third-order valence-corrected chi connectivity index (χ3v) is 14.6. The maximum atomic E-state index is 2.52. The third-order valence-electron chi connectivity index (χ3n) is 14.6. The number of benzene rings is 11. The van der Waals surface area contributed by atoms with Crippen molar-refractivity contribution in [1.82, 2.24) is 4.57 Å². The van der Waals surface area contributed by atoms with E-state index in [1.54, 1.807) is 0 Å². The highest BCUT2D eigenvalue weighted by molar-refractivity contribution is 6.13. The maximum absolute atomic E-state index is 2.52. The number of hydrogen-bond donors (Lipinski definition) is 0. The van der Waals surface area contributed by atoms with E-state index in [9.17, 15) is 0 Å². The second-order valence-corrected chi connectivity index (χ2v) is 17.9. The fraction of sp³-hybridized carbons (Fsp3) is 0.0154. The van der Waals surface area contributed by atoms with Crippen LogP contribution >= 0.6 is 0 Å². The van der Waals surface area contributed by atoms with Crippen LogP contribution in [0.15, 0.2) is 255 Å². The van der Waals surface area contributed by atoms with Gasteiger partial charge in [-0.05, 0) is 114 Å². The highest BCUT2D eigenvalue weighted by Crippen LogP contribution is 2.62. The molecule has 2 aliphatic rings. The molecular formula is C65H42N2. The van der Waals surface area contributed by atoms with Crippen molar-refractivity contribution in [2.24, 2.45) is 0 Å². The Labute approximate surface area is 389 Å². The predicted octanol–water partition coefficient (Wildman–Crippen LogP) is 17.1. The Morgan fingerprint density at radius 1 is 0.313 bits per heavy atom. The first kappa shape index (κ1) is 37.6. The quantitative estimate of drug-likeness (QED) is 0.162. The first-order valence-electron chi connectivity index (χ1n) is 23.3. The van der Waals surface area contributed by atoms with Crippen molar-refractivity contribution >= 4 is 49.6 Å². The Kier molecular flexibility index (Phi) is 8.23. The molecule has 2 heterocycles. The lowest BCUT2D eigenvalue weighted by molar-refractivity contribution is 0.748. The van der Waals surface area contributed by atoms with E-state index in [0.29, 0.717) is 0 Å². The minimum atomic E-state index is -0.525. The Hall–Kier alpha value is -8.72. The first-order valence-corrected chi connectivity index (χ1v) is 23.3. The molecule has 1 spiro atoms. The summed E-state index contributed by atoms with van der Waals surface area (Å²) >= 11 is 0. The van der Waals surface area contributed by atoms with Gasteiger partial charge in [0.05, 0.1) is 27.8 Å². The fourth-order valence-electron chi connectivity index (χ4n) is 11.9. The molecular weight excluding hydrogens is 809 g/mol. The van der Waals surface area contributed by atoms with Crippen molar-refractivity contribution in [2.75, 3.05) is 4.90 Å². The van der Waals surface area contributed by atoms with Crippen LogP contribution in [0.25, 0.3) is 82.8 Å². The number of nitrogens with zero attached hydrogens (tertiary/aromatic N) is 2. The molecule has 12 aromatic rings. The molecule has 312 valence electrons. The van der Waals surface area contributed by atoms with Crippen molar-refractivity contribution in [3.63, 3.8) is 0 Å². The summed E-state index contributed by atoms with van der Waals surface area (Å²) in [7, 11) is 0. The molecule has 67 heavy (non-hydrogen) atoms. The maximum Gasteiger partial charge on any atom is 0.0754 e.